The number of ether oxygens (including phenoxy) is 1. The van der Waals surface area contributed by atoms with Crippen LogP contribution in [0.2, 0.25) is 0 Å². The Morgan fingerprint density at radius 1 is 1.03 bits per heavy atom. The van der Waals surface area contributed by atoms with Gasteiger partial charge in [-0.1, -0.05) is 24.8 Å². The molecule has 0 atom stereocenters. The Balaban J connectivity index is 1.55. The number of piperazine rings is 1. The Kier molecular flexibility index (Phi) is 7.02. The lowest BCUT2D eigenvalue weighted by Gasteiger charge is -2.33. The van der Waals surface area contributed by atoms with E-state index in [2.05, 4.69) is 6.58 Å². The van der Waals surface area contributed by atoms with E-state index in [9.17, 15) is 17.6 Å². The van der Waals surface area contributed by atoms with Gasteiger partial charge in [0.05, 0.1) is 4.90 Å². The van der Waals surface area contributed by atoms with Crippen molar-refractivity contribution in [3.05, 3.63) is 78.6 Å². The van der Waals surface area contributed by atoms with Crippen LogP contribution in [0.4, 0.5) is 4.39 Å². The molecule has 1 aliphatic heterocycles. The maximum atomic E-state index is 13.1. The summed E-state index contributed by atoms with van der Waals surface area (Å²) in [5, 5.41) is 0. The lowest BCUT2D eigenvalue weighted by Crippen LogP contribution is -2.50. The highest BCUT2D eigenvalue weighted by Crippen LogP contribution is 2.18. The Hall–Kier alpha value is -2.97. The molecule has 8 heteroatoms. The van der Waals surface area contributed by atoms with Gasteiger partial charge in [-0.05, 0) is 48.0 Å². The fourth-order valence-corrected chi connectivity index (χ4v) is 4.43. The number of halogens is 1. The number of hydrogen-bond donors (Lipinski definition) is 0. The van der Waals surface area contributed by atoms with Crippen molar-refractivity contribution in [2.75, 3.05) is 32.8 Å². The third-order valence-electron chi connectivity index (χ3n) is 4.67. The molecular formula is C22H23FN2O4S. The summed E-state index contributed by atoms with van der Waals surface area (Å²) >= 11 is 0. The lowest BCUT2D eigenvalue weighted by atomic mass is 10.2. The Bertz CT molecular complexity index is 1010. The monoisotopic (exact) mass is 430 g/mol. The number of amides is 1. The largest absolute Gasteiger partial charge is 0.490 e. The van der Waals surface area contributed by atoms with Crippen LogP contribution < -0.4 is 4.74 Å². The molecule has 2 aromatic rings. The van der Waals surface area contributed by atoms with Gasteiger partial charge in [0.2, 0.25) is 15.9 Å². The van der Waals surface area contributed by atoms with E-state index in [0.29, 0.717) is 6.61 Å². The van der Waals surface area contributed by atoms with Crippen molar-refractivity contribution < 1.29 is 22.3 Å². The highest BCUT2D eigenvalue weighted by molar-refractivity contribution is 7.89. The summed E-state index contributed by atoms with van der Waals surface area (Å²) in [6.07, 6.45) is 4.85. The highest BCUT2D eigenvalue weighted by atomic mass is 32.2. The molecule has 1 fully saturated rings. The molecule has 2 aromatic carbocycles. The van der Waals surface area contributed by atoms with E-state index in [-0.39, 0.29) is 37.0 Å². The van der Waals surface area contributed by atoms with E-state index in [1.165, 1.54) is 22.5 Å². The van der Waals surface area contributed by atoms with Gasteiger partial charge in [0.25, 0.3) is 0 Å². The molecule has 0 unspecified atom stereocenters. The van der Waals surface area contributed by atoms with Gasteiger partial charge < -0.3 is 9.64 Å². The number of rotatable bonds is 7. The van der Waals surface area contributed by atoms with Crippen molar-refractivity contribution in [2.24, 2.45) is 0 Å². The van der Waals surface area contributed by atoms with Gasteiger partial charge in [-0.15, -0.1) is 0 Å². The Morgan fingerprint density at radius 2 is 1.67 bits per heavy atom. The third-order valence-corrected chi connectivity index (χ3v) is 6.58. The van der Waals surface area contributed by atoms with E-state index >= 15 is 0 Å². The molecule has 0 radical (unpaired) electrons. The van der Waals surface area contributed by atoms with Gasteiger partial charge in [0.1, 0.15) is 18.2 Å². The van der Waals surface area contributed by atoms with E-state index in [1.54, 1.807) is 17.1 Å². The van der Waals surface area contributed by atoms with Crippen LogP contribution in [0.3, 0.4) is 0 Å². The SMILES string of the molecule is C=CCOc1ccc(C=CC(=O)N2CCN(S(=O)(=O)c3ccc(F)cc3)CC2)cc1. The van der Waals surface area contributed by atoms with Gasteiger partial charge in [0.15, 0.2) is 0 Å². The Morgan fingerprint density at radius 3 is 2.27 bits per heavy atom. The van der Waals surface area contributed by atoms with Crippen molar-refractivity contribution in [1.29, 1.82) is 0 Å². The fourth-order valence-electron chi connectivity index (χ4n) is 3.01. The zero-order valence-electron chi connectivity index (χ0n) is 16.4. The molecule has 1 saturated heterocycles. The first-order chi connectivity index (χ1) is 14.4. The number of nitrogens with zero attached hydrogens (tertiary/aromatic N) is 2. The maximum Gasteiger partial charge on any atom is 0.246 e. The van der Waals surface area contributed by atoms with Crippen molar-refractivity contribution in [1.82, 2.24) is 9.21 Å². The first-order valence-corrected chi connectivity index (χ1v) is 10.9. The topological polar surface area (TPSA) is 66.9 Å². The summed E-state index contributed by atoms with van der Waals surface area (Å²) < 4.78 is 45.1. The molecule has 0 spiro atoms. The summed E-state index contributed by atoms with van der Waals surface area (Å²) in [6.45, 7) is 4.98. The zero-order valence-corrected chi connectivity index (χ0v) is 17.2. The molecule has 1 amide bonds. The average Bonchev–Trinajstić information content (AvgIpc) is 2.77. The first-order valence-electron chi connectivity index (χ1n) is 9.46. The Labute approximate surface area is 175 Å². The smallest absolute Gasteiger partial charge is 0.246 e. The molecular weight excluding hydrogens is 407 g/mol. The van der Waals surface area contributed by atoms with Crippen LogP contribution in [0.15, 0.2) is 72.2 Å². The predicted octanol–water partition coefficient (Wildman–Crippen LogP) is 2.94. The number of hydrogen-bond acceptors (Lipinski definition) is 4. The molecule has 6 nitrogen and oxygen atoms in total. The molecule has 0 saturated carbocycles. The first kappa shape index (κ1) is 21.7. The van der Waals surface area contributed by atoms with E-state index in [0.717, 1.165) is 23.4 Å². The minimum Gasteiger partial charge on any atom is -0.490 e. The van der Waals surface area contributed by atoms with Gasteiger partial charge in [0, 0.05) is 32.3 Å². The van der Waals surface area contributed by atoms with Crippen molar-refractivity contribution in [3.8, 4) is 5.75 Å². The summed E-state index contributed by atoms with van der Waals surface area (Å²) in [5.74, 6) is 0.0489. The van der Waals surface area contributed by atoms with Crippen LogP contribution in [-0.2, 0) is 14.8 Å². The summed E-state index contributed by atoms with van der Waals surface area (Å²) in [7, 11) is -3.70. The third kappa shape index (κ3) is 5.34. The van der Waals surface area contributed by atoms with E-state index in [1.807, 2.05) is 24.3 Å². The number of sulfonamides is 1. The van der Waals surface area contributed by atoms with Crippen LogP contribution in [0, 0.1) is 5.82 Å². The van der Waals surface area contributed by atoms with Crippen molar-refractivity contribution in [2.45, 2.75) is 4.90 Å². The molecule has 3 rings (SSSR count). The standard InChI is InChI=1S/C22H23FN2O4S/c1-2-17-29-20-8-3-18(4-9-20)5-12-22(26)24-13-15-25(16-14-24)30(27,28)21-10-6-19(23)7-11-21/h2-12H,1,13-17H2. The second kappa shape index (κ2) is 9.69. The highest BCUT2D eigenvalue weighted by Gasteiger charge is 2.29. The van der Waals surface area contributed by atoms with Crippen LogP contribution in [0.5, 0.6) is 5.75 Å². The van der Waals surface area contributed by atoms with Crippen LogP contribution in [0.1, 0.15) is 5.56 Å². The second-order valence-corrected chi connectivity index (χ2v) is 8.62. The minimum atomic E-state index is -3.70. The van der Waals surface area contributed by atoms with Crippen molar-refractivity contribution in [3.63, 3.8) is 0 Å². The molecule has 30 heavy (non-hydrogen) atoms. The van der Waals surface area contributed by atoms with Gasteiger partial charge in [-0.2, -0.15) is 4.31 Å². The average molecular weight is 431 g/mol. The second-order valence-electron chi connectivity index (χ2n) is 6.69. The van der Waals surface area contributed by atoms with Gasteiger partial charge in [-0.25, -0.2) is 12.8 Å². The molecule has 0 aliphatic carbocycles. The molecule has 0 bridgehead atoms. The molecule has 0 aromatic heterocycles. The van der Waals surface area contributed by atoms with Crippen LogP contribution in [0.25, 0.3) is 6.08 Å². The quantitative estimate of drug-likeness (QED) is 0.500. The zero-order chi connectivity index (χ0) is 21.6. The maximum absolute atomic E-state index is 13.1. The van der Waals surface area contributed by atoms with Crippen LogP contribution in [-0.4, -0.2) is 56.3 Å². The van der Waals surface area contributed by atoms with Crippen molar-refractivity contribution >= 4 is 22.0 Å². The molecule has 0 N–H and O–H groups in total. The lowest BCUT2D eigenvalue weighted by molar-refractivity contribution is -0.127. The predicted molar refractivity (Wildman–Crippen MR) is 113 cm³/mol. The van der Waals surface area contributed by atoms with Gasteiger partial charge >= 0.3 is 0 Å². The van der Waals surface area contributed by atoms with E-state index < -0.39 is 15.8 Å². The van der Waals surface area contributed by atoms with E-state index in [4.69, 9.17) is 4.74 Å². The number of benzene rings is 2. The molecule has 1 heterocycles. The molecule has 1 aliphatic rings. The summed E-state index contributed by atoms with van der Waals surface area (Å²) in [5.41, 5.74) is 0.854. The number of carbonyl (C=O) groups excluding carboxylic acids is 1. The van der Waals surface area contributed by atoms with Gasteiger partial charge in [-0.3, -0.25) is 4.79 Å². The fraction of sp³-hybridized carbons (Fsp3) is 0.227. The molecule has 158 valence electrons. The summed E-state index contributed by atoms with van der Waals surface area (Å²) in [6, 6.07) is 12.0. The minimum absolute atomic E-state index is 0.0455. The normalized spacial score (nSPS) is 15.3. The van der Waals surface area contributed by atoms with Crippen LogP contribution >= 0.6 is 0 Å². The number of carbonyl (C=O) groups is 1. The summed E-state index contributed by atoms with van der Waals surface area (Å²) in [4.78, 5) is 14.1.